The van der Waals surface area contributed by atoms with Crippen molar-refractivity contribution < 1.29 is 74.4 Å². The highest BCUT2D eigenvalue weighted by molar-refractivity contribution is 6.02. The maximum atomic E-state index is 12.8. The van der Waals surface area contributed by atoms with Crippen LogP contribution in [-0.4, -0.2) is 126 Å². The number of aromatic hydroxyl groups is 2. The Morgan fingerprint density at radius 1 is 0.786 bits per heavy atom. The summed E-state index contributed by atoms with van der Waals surface area (Å²) in [5.74, 6) is -0.981. The number of aliphatic hydroxyl groups excluding tert-OH is 7. The quantitative estimate of drug-likeness (QED) is 0.165. The number of ether oxygens (including phenoxy) is 5. The lowest BCUT2D eigenvalue weighted by atomic mass is 9.95. The number of rotatable bonds is 7. The van der Waals surface area contributed by atoms with Crippen molar-refractivity contribution in [1.29, 1.82) is 0 Å². The molecule has 42 heavy (non-hydrogen) atoms. The number of phenols is 2. The molecule has 0 bridgehead atoms. The van der Waals surface area contributed by atoms with Gasteiger partial charge in [-0.25, -0.2) is 0 Å². The molecule has 2 aromatic carbocycles. The van der Waals surface area contributed by atoms with Crippen LogP contribution < -0.4 is 9.47 Å². The van der Waals surface area contributed by atoms with Crippen LogP contribution >= 0.6 is 0 Å². The van der Waals surface area contributed by atoms with Gasteiger partial charge in [-0.2, -0.15) is 0 Å². The van der Waals surface area contributed by atoms with Crippen LogP contribution in [0.5, 0.6) is 23.0 Å². The number of fused-ring (bicyclic) bond motifs is 1. The second kappa shape index (κ2) is 12.3. The summed E-state index contributed by atoms with van der Waals surface area (Å²) >= 11 is 0. The first-order valence-corrected chi connectivity index (χ1v) is 13.1. The van der Waals surface area contributed by atoms with Crippen LogP contribution in [0.15, 0.2) is 36.4 Å². The maximum absolute atomic E-state index is 12.8. The molecule has 3 aliphatic rings. The molecule has 2 aromatic rings. The van der Waals surface area contributed by atoms with E-state index in [0.29, 0.717) is 5.56 Å². The predicted octanol–water partition coefficient (Wildman–Crippen LogP) is -2.19. The van der Waals surface area contributed by atoms with Gasteiger partial charge in [0.05, 0.1) is 19.6 Å². The largest absolute Gasteiger partial charge is 0.508 e. The van der Waals surface area contributed by atoms with E-state index in [2.05, 4.69) is 0 Å². The van der Waals surface area contributed by atoms with Crippen molar-refractivity contribution in [1.82, 2.24) is 0 Å². The van der Waals surface area contributed by atoms with Gasteiger partial charge >= 0.3 is 0 Å². The lowest BCUT2D eigenvalue weighted by Gasteiger charge is -2.45. The van der Waals surface area contributed by atoms with Crippen molar-refractivity contribution in [2.24, 2.45) is 0 Å². The number of ketones is 1. The van der Waals surface area contributed by atoms with Gasteiger partial charge < -0.3 is 69.6 Å². The zero-order valence-corrected chi connectivity index (χ0v) is 21.9. The van der Waals surface area contributed by atoms with E-state index in [1.54, 1.807) is 12.1 Å². The van der Waals surface area contributed by atoms with Gasteiger partial charge in [-0.15, -0.1) is 0 Å². The minimum Gasteiger partial charge on any atom is -0.508 e. The lowest BCUT2D eigenvalue weighted by Crippen LogP contribution is -2.65. The van der Waals surface area contributed by atoms with Crippen LogP contribution in [0.2, 0.25) is 0 Å². The normalized spacial score (nSPS) is 36.6. The van der Waals surface area contributed by atoms with Crippen molar-refractivity contribution in [3.8, 4) is 23.0 Å². The summed E-state index contributed by atoms with van der Waals surface area (Å²) in [5, 5.41) is 91.3. The third kappa shape index (κ3) is 5.76. The van der Waals surface area contributed by atoms with Gasteiger partial charge in [0, 0.05) is 12.1 Å². The first kappa shape index (κ1) is 30.4. The second-order valence-electron chi connectivity index (χ2n) is 10.3. The molecule has 5 rings (SSSR count). The van der Waals surface area contributed by atoms with E-state index >= 15 is 0 Å². The molecule has 0 radical (unpaired) electrons. The van der Waals surface area contributed by atoms with Gasteiger partial charge in [-0.3, -0.25) is 4.79 Å². The summed E-state index contributed by atoms with van der Waals surface area (Å²) in [6.45, 7) is -1.50. The van der Waals surface area contributed by atoms with Crippen LogP contribution in [0.4, 0.5) is 0 Å². The highest BCUT2D eigenvalue weighted by atomic mass is 16.7. The third-order valence-electron chi connectivity index (χ3n) is 7.45. The van der Waals surface area contributed by atoms with Crippen LogP contribution in [0, 0.1) is 0 Å². The molecule has 0 aliphatic carbocycles. The van der Waals surface area contributed by atoms with Crippen LogP contribution in [0.3, 0.4) is 0 Å². The molecular weight excluding hydrogens is 564 g/mol. The van der Waals surface area contributed by atoms with E-state index in [4.69, 9.17) is 23.7 Å². The van der Waals surface area contributed by atoms with Crippen LogP contribution in [0.25, 0.3) is 0 Å². The molecule has 3 heterocycles. The van der Waals surface area contributed by atoms with Crippen molar-refractivity contribution in [3.05, 3.63) is 47.5 Å². The van der Waals surface area contributed by atoms with E-state index in [1.165, 1.54) is 18.2 Å². The highest BCUT2D eigenvalue weighted by Crippen LogP contribution is 2.43. The van der Waals surface area contributed by atoms with E-state index in [0.717, 1.165) is 6.07 Å². The number of aliphatic hydroxyl groups is 7. The minimum atomic E-state index is -1.83. The smallest absolute Gasteiger partial charge is 0.229 e. The Bertz CT molecular complexity index is 1250. The Morgan fingerprint density at radius 2 is 1.43 bits per heavy atom. The minimum absolute atomic E-state index is 0.0206. The molecule has 11 atom stereocenters. The average Bonchev–Trinajstić information content (AvgIpc) is 2.96. The Hall–Kier alpha value is -3.09. The van der Waals surface area contributed by atoms with Gasteiger partial charge in [0.1, 0.15) is 83.5 Å². The predicted molar refractivity (Wildman–Crippen MR) is 136 cm³/mol. The molecule has 230 valence electrons. The first-order chi connectivity index (χ1) is 20.0. The lowest BCUT2D eigenvalue weighted by molar-refractivity contribution is -0.352. The van der Waals surface area contributed by atoms with Crippen LogP contribution in [-0.2, 0) is 14.2 Å². The second-order valence-corrected chi connectivity index (χ2v) is 10.3. The molecule has 0 amide bonds. The summed E-state index contributed by atoms with van der Waals surface area (Å²) < 4.78 is 28.0. The maximum Gasteiger partial charge on any atom is 0.229 e. The molecule has 0 saturated carbocycles. The first-order valence-electron chi connectivity index (χ1n) is 13.1. The Morgan fingerprint density at radius 3 is 2.10 bits per heavy atom. The highest BCUT2D eigenvalue weighted by Gasteiger charge is 2.51. The monoisotopic (exact) mass is 596 g/mol. The van der Waals surface area contributed by atoms with E-state index in [9.17, 15) is 50.8 Å². The summed E-state index contributed by atoms with van der Waals surface area (Å²) in [4.78, 5) is 12.8. The molecule has 0 unspecified atom stereocenters. The topological polar surface area (TPSA) is 245 Å². The molecule has 9 N–H and O–H groups in total. The molecule has 0 spiro atoms. The number of benzene rings is 2. The number of carbonyl (C=O) groups is 1. The summed E-state index contributed by atoms with van der Waals surface area (Å²) in [5.41, 5.74) is 0.520. The number of phenolic OH excluding ortho intramolecular Hbond substituents is 2. The Kier molecular flexibility index (Phi) is 8.86. The SMILES string of the molecule is O=C1C[C@@H](c2ccc(O)cc2)Oc2cc(O[C@@H]3O[C@H](CO)[C@@H](O[C@@H]4O[C@@H](CO)[C@H](O)[C@@H](O)[C@@H]4O)[C@H](O)[C@H]3O)cc(O)c21. The molecule has 15 heteroatoms. The van der Waals surface area contributed by atoms with Crippen molar-refractivity contribution in [2.75, 3.05) is 13.2 Å². The van der Waals surface area contributed by atoms with Gasteiger partial charge in [-0.05, 0) is 17.7 Å². The Balaban J connectivity index is 1.31. The van der Waals surface area contributed by atoms with Crippen LogP contribution in [0.1, 0.15) is 28.4 Å². The van der Waals surface area contributed by atoms with Crippen molar-refractivity contribution in [2.45, 2.75) is 73.9 Å². The molecule has 3 aliphatic heterocycles. The number of Topliss-reactive ketones (excluding diaryl/α,β-unsaturated/α-hetero) is 1. The zero-order valence-electron chi connectivity index (χ0n) is 21.9. The molecule has 2 saturated heterocycles. The van der Waals surface area contributed by atoms with Gasteiger partial charge in [0.2, 0.25) is 6.29 Å². The average molecular weight is 597 g/mol. The van der Waals surface area contributed by atoms with E-state index in [1.807, 2.05) is 0 Å². The fraction of sp³-hybridized carbons (Fsp3) is 0.519. The summed E-state index contributed by atoms with van der Waals surface area (Å²) in [6.07, 6.45) is -17.2. The third-order valence-corrected chi connectivity index (χ3v) is 7.45. The molecule has 0 aromatic heterocycles. The van der Waals surface area contributed by atoms with E-state index < -0.39 is 92.3 Å². The molecule has 2 fully saturated rings. The zero-order chi connectivity index (χ0) is 30.3. The fourth-order valence-corrected chi connectivity index (χ4v) is 5.14. The molecular formula is C27H32O15. The fourth-order valence-electron chi connectivity index (χ4n) is 5.14. The standard InChI is InChI=1S/C27H32O15/c28-8-17-20(33)21(34)23(36)27(40-17)42-25-18(9-29)41-26(24(37)22(25)35)38-12-5-13(31)19-14(32)7-15(39-16(19)6-12)10-1-3-11(30)4-2-10/h1-6,15,17-18,20-31,33-37H,7-9H2/t15-,17-,18+,20-,21+,22+,23-,24+,25+,26+,27-/m0/s1. The molecule has 15 nitrogen and oxygen atoms in total. The number of carbonyl (C=O) groups excluding carboxylic acids is 1. The summed E-state index contributed by atoms with van der Waals surface area (Å²) in [7, 11) is 0. The van der Waals surface area contributed by atoms with Gasteiger partial charge in [0.25, 0.3) is 0 Å². The van der Waals surface area contributed by atoms with Gasteiger partial charge in [-0.1, -0.05) is 12.1 Å². The Labute approximate surface area is 238 Å². The van der Waals surface area contributed by atoms with E-state index in [-0.39, 0.29) is 29.2 Å². The number of hydrogen-bond acceptors (Lipinski definition) is 15. The number of hydrogen-bond donors (Lipinski definition) is 9. The van der Waals surface area contributed by atoms with Crippen molar-refractivity contribution in [3.63, 3.8) is 0 Å². The summed E-state index contributed by atoms with van der Waals surface area (Å²) in [6, 6.07) is 8.43. The van der Waals surface area contributed by atoms with Crippen molar-refractivity contribution >= 4 is 5.78 Å². The van der Waals surface area contributed by atoms with Gasteiger partial charge in [0.15, 0.2) is 12.1 Å².